The standard InChI is InChI=1S/C15H17Cl2N5/c16-12-7-6-11(8-13(12)17)20-15-21-14(9-18-22-15)19-10-4-2-1-3-5-10/h6-10H,1-5H2,(H2,19,20,21,22). The van der Waals surface area contributed by atoms with Gasteiger partial charge in [-0.05, 0) is 31.0 Å². The second-order valence-electron chi connectivity index (χ2n) is 5.40. The van der Waals surface area contributed by atoms with E-state index >= 15 is 0 Å². The first-order chi connectivity index (χ1) is 10.7. The molecule has 0 radical (unpaired) electrons. The summed E-state index contributed by atoms with van der Waals surface area (Å²) in [5, 5.41) is 15.5. The molecule has 0 bridgehead atoms. The quantitative estimate of drug-likeness (QED) is 0.848. The van der Waals surface area contributed by atoms with Crippen molar-refractivity contribution in [3.8, 4) is 0 Å². The molecule has 22 heavy (non-hydrogen) atoms. The third-order valence-electron chi connectivity index (χ3n) is 3.69. The van der Waals surface area contributed by atoms with Gasteiger partial charge in [-0.2, -0.15) is 10.1 Å². The molecular formula is C15H17Cl2N5. The lowest BCUT2D eigenvalue weighted by Gasteiger charge is -2.23. The van der Waals surface area contributed by atoms with Crippen LogP contribution in [0.5, 0.6) is 0 Å². The summed E-state index contributed by atoms with van der Waals surface area (Å²) in [5.41, 5.74) is 0.769. The molecule has 1 aliphatic carbocycles. The number of anilines is 3. The summed E-state index contributed by atoms with van der Waals surface area (Å²) in [6, 6.07) is 5.75. The molecular weight excluding hydrogens is 321 g/mol. The van der Waals surface area contributed by atoms with Crippen LogP contribution in [-0.2, 0) is 0 Å². The summed E-state index contributed by atoms with van der Waals surface area (Å²) in [6.45, 7) is 0. The van der Waals surface area contributed by atoms with Crippen LogP contribution in [0.4, 0.5) is 17.5 Å². The lowest BCUT2D eigenvalue weighted by molar-refractivity contribution is 0.461. The Morgan fingerprint density at radius 3 is 2.64 bits per heavy atom. The second kappa shape index (κ2) is 7.11. The molecule has 2 aromatic rings. The maximum absolute atomic E-state index is 6.00. The Hall–Kier alpha value is -1.59. The summed E-state index contributed by atoms with van der Waals surface area (Å²) in [6.07, 6.45) is 7.87. The molecule has 1 aromatic heterocycles. The molecule has 0 unspecified atom stereocenters. The van der Waals surface area contributed by atoms with E-state index < -0.39 is 0 Å². The van der Waals surface area contributed by atoms with Gasteiger partial charge in [-0.15, -0.1) is 5.10 Å². The molecule has 1 fully saturated rings. The predicted molar refractivity (Wildman–Crippen MR) is 90.1 cm³/mol. The summed E-state index contributed by atoms with van der Waals surface area (Å²) in [5.74, 6) is 1.17. The lowest BCUT2D eigenvalue weighted by Crippen LogP contribution is -2.23. The Morgan fingerprint density at radius 1 is 1.05 bits per heavy atom. The molecule has 0 amide bonds. The van der Waals surface area contributed by atoms with E-state index in [9.17, 15) is 0 Å². The summed E-state index contributed by atoms with van der Waals surface area (Å²) < 4.78 is 0. The Labute approximate surface area is 139 Å². The van der Waals surface area contributed by atoms with E-state index in [1.807, 2.05) is 6.07 Å². The summed E-state index contributed by atoms with van der Waals surface area (Å²) in [7, 11) is 0. The van der Waals surface area contributed by atoms with E-state index in [-0.39, 0.29) is 0 Å². The van der Waals surface area contributed by atoms with E-state index in [1.165, 1.54) is 32.1 Å². The summed E-state index contributed by atoms with van der Waals surface area (Å²) in [4.78, 5) is 4.44. The first-order valence-electron chi connectivity index (χ1n) is 7.39. The van der Waals surface area contributed by atoms with Gasteiger partial charge in [-0.1, -0.05) is 42.5 Å². The average molecular weight is 338 g/mol. The van der Waals surface area contributed by atoms with Crippen molar-refractivity contribution in [3.63, 3.8) is 0 Å². The molecule has 1 aromatic carbocycles. The van der Waals surface area contributed by atoms with E-state index in [0.717, 1.165) is 11.5 Å². The number of aromatic nitrogens is 3. The molecule has 5 nitrogen and oxygen atoms in total. The number of benzene rings is 1. The zero-order valence-electron chi connectivity index (χ0n) is 12.0. The van der Waals surface area contributed by atoms with Gasteiger partial charge in [0.15, 0.2) is 5.82 Å². The van der Waals surface area contributed by atoms with Gasteiger partial charge in [-0.25, -0.2) is 0 Å². The predicted octanol–water partition coefficient (Wildman–Crippen LogP) is 4.67. The highest BCUT2D eigenvalue weighted by molar-refractivity contribution is 6.42. The van der Waals surface area contributed by atoms with Crippen LogP contribution in [0.15, 0.2) is 24.4 Å². The minimum atomic E-state index is 0.430. The third kappa shape index (κ3) is 3.99. The van der Waals surface area contributed by atoms with E-state index in [2.05, 4.69) is 25.8 Å². The highest BCUT2D eigenvalue weighted by Gasteiger charge is 2.14. The van der Waals surface area contributed by atoms with Gasteiger partial charge in [0.2, 0.25) is 5.95 Å². The van der Waals surface area contributed by atoms with Crippen molar-refractivity contribution < 1.29 is 0 Å². The van der Waals surface area contributed by atoms with Crippen LogP contribution in [0.1, 0.15) is 32.1 Å². The molecule has 0 spiro atoms. The first-order valence-corrected chi connectivity index (χ1v) is 8.14. The largest absolute Gasteiger partial charge is 0.366 e. The van der Waals surface area contributed by atoms with Crippen LogP contribution >= 0.6 is 23.2 Å². The highest BCUT2D eigenvalue weighted by Crippen LogP contribution is 2.26. The molecule has 1 aliphatic rings. The molecule has 3 rings (SSSR count). The maximum Gasteiger partial charge on any atom is 0.249 e. The van der Waals surface area contributed by atoms with Crippen LogP contribution in [0.25, 0.3) is 0 Å². The molecule has 0 atom stereocenters. The van der Waals surface area contributed by atoms with Crippen LogP contribution in [0, 0.1) is 0 Å². The molecule has 7 heteroatoms. The highest BCUT2D eigenvalue weighted by atomic mass is 35.5. The lowest BCUT2D eigenvalue weighted by atomic mass is 9.96. The topological polar surface area (TPSA) is 62.7 Å². The first kappa shape index (κ1) is 15.3. The van der Waals surface area contributed by atoms with E-state index in [0.29, 0.717) is 22.0 Å². The number of nitrogens with one attached hydrogen (secondary N) is 2. The van der Waals surface area contributed by atoms with Crippen LogP contribution in [0.2, 0.25) is 10.0 Å². The average Bonchev–Trinajstić information content (AvgIpc) is 2.52. The molecule has 1 heterocycles. The van der Waals surface area contributed by atoms with Crippen molar-refractivity contribution in [2.75, 3.05) is 10.6 Å². The minimum Gasteiger partial charge on any atom is -0.366 e. The zero-order chi connectivity index (χ0) is 15.4. The molecule has 0 saturated heterocycles. The Morgan fingerprint density at radius 2 is 1.86 bits per heavy atom. The van der Waals surface area contributed by atoms with Gasteiger partial charge >= 0.3 is 0 Å². The number of rotatable bonds is 4. The molecule has 2 N–H and O–H groups in total. The van der Waals surface area contributed by atoms with Crippen molar-refractivity contribution >= 4 is 40.7 Å². The van der Waals surface area contributed by atoms with Gasteiger partial charge in [0.1, 0.15) is 0 Å². The van der Waals surface area contributed by atoms with Gasteiger partial charge in [0.25, 0.3) is 0 Å². The van der Waals surface area contributed by atoms with Crippen LogP contribution < -0.4 is 10.6 Å². The van der Waals surface area contributed by atoms with E-state index in [4.69, 9.17) is 23.2 Å². The number of halogens is 2. The fourth-order valence-electron chi connectivity index (χ4n) is 2.59. The van der Waals surface area contributed by atoms with E-state index in [1.54, 1.807) is 18.3 Å². The van der Waals surface area contributed by atoms with Crippen molar-refractivity contribution in [2.24, 2.45) is 0 Å². The number of hydrogen-bond acceptors (Lipinski definition) is 5. The van der Waals surface area contributed by atoms with Crippen molar-refractivity contribution in [2.45, 2.75) is 38.1 Å². The fraction of sp³-hybridized carbons (Fsp3) is 0.400. The van der Waals surface area contributed by atoms with Gasteiger partial charge in [-0.3, -0.25) is 0 Å². The Balaban J connectivity index is 1.68. The SMILES string of the molecule is Clc1ccc(Nc2nncc(NC3CCCCC3)n2)cc1Cl. The normalized spacial score (nSPS) is 15.5. The maximum atomic E-state index is 6.00. The number of hydrogen-bond donors (Lipinski definition) is 2. The van der Waals surface area contributed by atoms with Crippen LogP contribution in [0.3, 0.4) is 0 Å². The van der Waals surface area contributed by atoms with Crippen molar-refractivity contribution in [1.29, 1.82) is 0 Å². The van der Waals surface area contributed by atoms with Gasteiger partial charge in [0, 0.05) is 11.7 Å². The molecule has 1 saturated carbocycles. The third-order valence-corrected chi connectivity index (χ3v) is 4.43. The molecule has 0 aliphatic heterocycles. The fourth-order valence-corrected chi connectivity index (χ4v) is 2.88. The van der Waals surface area contributed by atoms with Crippen molar-refractivity contribution in [1.82, 2.24) is 15.2 Å². The molecule has 116 valence electrons. The smallest absolute Gasteiger partial charge is 0.249 e. The second-order valence-corrected chi connectivity index (χ2v) is 6.21. The Bertz CT molecular complexity index is 644. The zero-order valence-corrected chi connectivity index (χ0v) is 13.5. The van der Waals surface area contributed by atoms with Crippen molar-refractivity contribution in [3.05, 3.63) is 34.4 Å². The van der Waals surface area contributed by atoms with Gasteiger partial charge in [0.05, 0.1) is 16.2 Å². The Kier molecular flexibility index (Phi) is 4.95. The minimum absolute atomic E-state index is 0.430. The monoisotopic (exact) mass is 337 g/mol. The number of nitrogens with zero attached hydrogens (tertiary/aromatic N) is 3. The summed E-state index contributed by atoms with van der Waals surface area (Å²) >= 11 is 11.9. The van der Waals surface area contributed by atoms with Crippen LogP contribution in [-0.4, -0.2) is 21.2 Å². The van der Waals surface area contributed by atoms with Gasteiger partial charge < -0.3 is 10.6 Å².